The van der Waals surface area contributed by atoms with Gasteiger partial charge in [-0.15, -0.1) is 0 Å². The van der Waals surface area contributed by atoms with Crippen molar-refractivity contribution >= 4 is 22.4 Å². The molecule has 0 unspecified atom stereocenters. The minimum Gasteiger partial charge on any atom is -0.464 e. The van der Waals surface area contributed by atoms with Gasteiger partial charge in [0.15, 0.2) is 16.9 Å². The summed E-state index contributed by atoms with van der Waals surface area (Å²) in [5.41, 5.74) is 5.39. The standard InChI is InChI=1S/C30H30N6O4/c1-19(37)16-35-13-4-5-20(17-35)18-39-29-33-27(21-6-9-23(31-2)10-7-21)26(28-32-12-14-36(28)29)22-8-11-24-25(15-22)40-30(38)34(24)3/h6-12,14-15,19-20,37H,4-5,13,16-18H2,1,3H3/t19-,20+/m0/s1. The Hall–Kier alpha value is -4.46. The quantitative estimate of drug-likeness (QED) is 0.304. The third-order valence-electron chi connectivity index (χ3n) is 7.44. The number of hydrogen-bond donors (Lipinski definition) is 1. The topological polar surface area (TPSA) is 102 Å². The number of hydrogen-bond acceptors (Lipinski definition) is 7. The number of aryl methyl sites for hydroxylation is 1. The second kappa shape index (κ2) is 10.6. The molecular weight excluding hydrogens is 508 g/mol. The van der Waals surface area contributed by atoms with E-state index in [9.17, 15) is 9.90 Å². The molecule has 40 heavy (non-hydrogen) atoms. The molecule has 10 heteroatoms. The van der Waals surface area contributed by atoms with Gasteiger partial charge in [0.1, 0.15) is 0 Å². The zero-order chi connectivity index (χ0) is 27.8. The van der Waals surface area contributed by atoms with Crippen LogP contribution in [-0.2, 0) is 7.05 Å². The van der Waals surface area contributed by atoms with Gasteiger partial charge in [-0.3, -0.25) is 8.97 Å². The highest BCUT2D eigenvalue weighted by Gasteiger charge is 2.24. The van der Waals surface area contributed by atoms with Crippen molar-refractivity contribution in [3.63, 3.8) is 0 Å². The molecular formula is C30H30N6O4. The third kappa shape index (κ3) is 4.85. The molecule has 6 rings (SSSR count). The van der Waals surface area contributed by atoms with E-state index in [4.69, 9.17) is 20.7 Å². The molecule has 3 aromatic heterocycles. The van der Waals surface area contributed by atoms with Crippen LogP contribution in [0, 0.1) is 12.5 Å². The fourth-order valence-corrected chi connectivity index (χ4v) is 5.53. The van der Waals surface area contributed by atoms with E-state index in [1.807, 2.05) is 47.9 Å². The lowest BCUT2D eigenvalue weighted by Crippen LogP contribution is -2.41. The predicted molar refractivity (Wildman–Crippen MR) is 151 cm³/mol. The summed E-state index contributed by atoms with van der Waals surface area (Å²) >= 11 is 0. The molecule has 1 fully saturated rings. The monoisotopic (exact) mass is 538 g/mol. The van der Waals surface area contributed by atoms with E-state index in [1.165, 1.54) is 4.57 Å². The van der Waals surface area contributed by atoms with Gasteiger partial charge < -0.3 is 19.2 Å². The summed E-state index contributed by atoms with van der Waals surface area (Å²) in [4.78, 5) is 27.6. The van der Waals surface area contributed by atoms with Crippen LogP contribution >= 0.6 is 0 Å². The second-order valence-electron chi connectivity index (χ2n) is 10.4. The maximum absolute atomic E-state index is 12.1. The molecule has 1 aliphatic heterocycles. The zero-order valence-corrected chi connectivity index (χ0v) is 22.4. The highest BCUT2D eigenvalue weighted by molar-refractivity contribution is 5.93. The van der Waals surface area contributed by atoms with Crippen LogP contribution in [0.15, 0.2) is 64.1 Å². The van der Waals surface area contributed by atoms with Crippen molar-refractivity contribution < 1.29 is 14.3 Å². The van der Waals surface area contributed by atoms with Gasteiger partial charge in [0.25, 0.3) is 0 Å². The largest absolute Gasteiger partial charge is 0.464 e. The average Bonchev–Trinajstić information content (AvgIpc) is 3.55. The number of piperidine rings is 1. The minimum atomic E-state index is -0.426. The first kappa shape index (κ1) is 25.8. The number of nitrogens with zero attached hydrogens (tertiary/aromatic N) is 6. The first-order chi connectivity index (χ1) is 19.4. The number of oxazole rings is 1. The molecule has 5 aromatic rings. The summed E-state index contributed by atoms with van der Waals surface area (Å²) in [6.45, 7) is 12.2. The molecule has 1 saturated heterocycles. The molecule has 0 saturated carbocycles. The maximum atomic E-state index is 12.1. The first-order valence-electron chi connectivity index (χ1n) is 13.4. The number of ether oxygens (including phenoxy) is 1. The Labute approximate surface area is 230 Å². The average molecular weight is 539 g/mol. The van der Waals surface area contributed by atoms with Gasteiger partial charge in [0, 0.05) is 38.4 Å². The van der Waals surface area contributed by atoms with Gasteiger partial charge in [-0.25, -0.2) is 14.6 Å². The molecule has 0 spiro atoms. The van der Waals surface area contributed by atoms with Crippen molar-refractivity contribution in [1.82, 2.24) is 23.8 Å². The number of fused-ring (bicyclic) bond motifs is 2. The molecule has 2 aromatic carbocycles. The Bertz CT molecular complexity index is 1780. The summed E-state index contributed by atoms with van der Waals surface area (Å²) < 4.78 is 15.2. The fraction of sp³-hybridized carbons (Fsp3) is 0.333. The van der Waals surface area contributed by atoms with Crippen molar-refractivity contribution in [1.29, 1.82) is 0 Å². The van der Waals surface area contributed by atoms with E-state index in [0.29, 0.717) is 53.2 Å². The van der Waals surface area contributed by atoms with Gasteiger partial charge in [-0.1, -0.05) is 30.3 Å². The van der Waals surface area contributed by atoms with Crippen LogP contribution in [0.1, 0.15) is 19.8 Å². The number of imidazole rings is 1. The van der Waals surface area contributed by atoms with Crippen LogP contribution in [0.2, 0.25) is 0 Å². The van der Waals surface area contributed by atoms with Crippen molar-refractivity contribution in [2.45, 2.75) is 25.9 Å². The smallest absolute Gasteiger partial charge is 0.419 e. The predicted octanol–water partition coefficient (Wildman–Crippen LogP) is 4.53. The number of β-amino-alcohol motifs (C(OH)–C–C–N with tert-alkyl or cyclic N) is 1. The maximum Gasteiger partial charge on any atom is 0.419 e. The van der Waals surface area contributed by atoms with Crippen molar-refractivity contribution in [2.24, 2.45) is 13.0 Å². The summed E-state index contributed by atoms with van der Waals surface area (Å²) in [7, 11) is 1.68. The van der Waals surface area contributed by atoms with Crippen LogP contribution < -0.4 is 10.5 Å². The molecule has 204 valence electrons. The lowest BCUT2D eigenvalue weighted by Gasteiger charge is -2.33. The molecule has 4 heterocycles. The number of likely N-dealkylation sites (tertiary alicyclic amines) is 1. The number of benzene rings is 2. The highest BCUT2D eigenvalue weighted by atomic mass is 16.5. The van der Waals surface area contributed by atoms with E-state index in [-0.39, 0.29) is 6.10 Å². The second-order valence-corrected chi connectivity index (χ2v) is 10.4. The fourth-order valence-electron chi connectivity index (χ4n) is 5.53. The van der Waals surface area contributed by atoms with Gasteiger partial charge in [-0.05, 0) is 49.6 Å². The van der Waals surface area contributed by atoms with Gasteiger partial charge in [-0.2, -0.15) is 4.98 Å². The molecule has 1 N–H and O–H groups in total. The Morgan fingerprint density at radius 3 is 2.80 bits per heavy atom. The van der Waals surface area contributed by atoms with Gasteiger partial charge in [0.2, 0.25) is 0 Å². The summed E-state index contributed by atoms with van der Waals surface area (Å²) in [6, 6.07) is 13.3. The van der Waals surface area contributed by atoms with E-state index in [1.54, 1.807) is 25.4 Å². The normalized spacial score (nSPS) is 16.8. The molecule has 2 atom stereocenters. The lowest BCUT2D eigenvalue weighted by atomic mass is 9.98. The Morgan fingerprint density at radius 2 is 2.02 bits per heavy atom. The number of aliphatic hydroxyl groups is 1. The van der Waals surface area contributed by atoms with Crippen LogP contribution in [0.25, 0.3) is 44.0 Å². The zero-order valence-electron chi connectivity index (χ0n) is 22.4. The van der Waals surface area contributed by atoms with Crippen LogP contribution in [0.3, 0.4) is 0 Å². The van der Waals surface area contributed by atoms with Crippen molar-refractivity contribution in [3.05, 3.63) is 76.8 Å². The first-order valence-corrected chi connectivity index (χ1v) is 13.4. The number of aliphatic hydroxyl groups excluding tert-OH is 1. The van der Waals surface area contributed by atoms with Crippen LogP contribution in [0.4, 0.5) is 5.69 Å². The van der Waals surface area contributed by atoms with E-state index >= 15 is 0 Å². The Balaban J connectivity index is 1.43. The Kier molecular flexibility index (Phi) is 6.84. The molecule has 0 bridgehead atoms. The number of aromatic nitrogens is 4. The molecule has 1 aliphatic rings. The SMILES string of the molecule is [C-]#[N+]c1ccc(-c2nc(OC[C@@H]3CCCN(C[C@H](C)O)C3)n3ccnc3c2-c2ccc3c(c2)oc(=O)n3C)cc1. The molecule has 0 radical (unpaired) electrons. The summed E-state index contributed by atoms with van der Waals surface area (Å²) in [5.74, 6) is -0.109. The van der Waals surface area contributed by atoms with Crippen LogP contribution in [0.5, 0.6) is 6.01 Å². The van der Waals surface area contributed by atoms with E-state index in [2.05, 4.69) is 14.7 Å². The molecule has 10 nitrogen and oxygen atoms in total. The lowest BCUT2D eigenvalue weighted by molar-refractivity contribution is 0.0778. The summed E-state index contributed by atoms with van der Waals surface area (Å²) in [6.07, 6.45) is 5.29. The van der Waals surface area contributed by atoms with Crippen LogP contribution in [-0.4, -0.2) is 61.3 Å². The van der Waals surface area contributed by atoms with Crippen molar-refractivity contribution in [3.8, 4) is 28.4 Å². The summed E-state index contributed by atoms with van der Waals surface area (Å²) in [5, 5.41) is 9.83. The van der Waals surface area contributed by atoms with Crippen molar-refractivity contribution in [2.75, 3.05) is 26.2 Å². The minimum absolute atomic E-state index is 0.317. The van der Waals surface area contributed by atoms with E-state index in [0.717, 1.165) is 42.6 Å². The third-order valence-corrected chi connectivity index (χ3v) is 7.44. The molecule has 0 aliphatic carbocycles. The van der Waals surface area contributed by atoms with Gasteiger partial charge >= 0.3 is 11.8 Å². The highest BCUT2D eigenvalue weighted by Crippen LogP contribution is 2.37. The van der Waals surface area contributed by atoms with E-state index < -0.39 is 5.76 Å². The molecule has 0 amide bonds. The van der Waals surface area contributed by atoms with Gasteiger partial charge in [0.05, 0.1) is 36.1 Å². The Morgan fingerprint density at radius 1 is 1.23 bits per heavy atom. The number of rotatable bonds is 7.